The molecule has 0 spiro atoms. The molecular formula is C30H43O3PS. The summed E-state index contributed by atoms with van der Waals surface area (Å²) < 4.78 is 35.2. The highest BCUT2D eigenvalue weighted by atomic mass is 32.2. The van der Waals surface area contributed by atoms with Gasteiger partial charge in [-0.25, -0.2) is 0 Å². The van der Waals surface area contributed by atoms with Crippen molar-refractivity contribution in [3.8, 4) is 11.1 Å². The average molecular weight is 515 g/mol. The van der Waals surface area contributed by atoms with E-state index in [1.54, 1.807) is 6.07 Å². The van der Waals surface area contributed by atoms with Crippen LogP contribution in [0, 0.1) is 0 Å². The number of benzene rings is 2. The third-order valence-corrected chi connectivity index (χ3v) is 12.6. The van der Waals surface area contributed by atoms with E-state index in [0.717, 1.165) is 22.4 Å². The summed E-state index contributed by atoms with van der Waals surface area (Å²) in [5, 5.41) is 1.47. The van der Waals surface area contributed by atoms with Crippen LogP contribution in [0.1, 0.15) is 115 Å². The number of hydrogen-bond donors (Lipinski definition) is 1. The summed E-state index contributed by atoms with van der Waals surface area (Å²) in [6.45, 7) is 8.46. The minimum Gasteiger partial charge on any atom is -0.282 e. The molecule has 0 aromatic heterocycles. The van der Waals surface area contributed by atoms with Crippen LogP contribution in [0.3, 0.4) is 0 Å². The van der Waals surface area contributed by atoms with Crippen molar-refractivity contribution in [3.63, 3.8) is 0 Å². The zero-order valence-electron chi connectivity index (χ0n) is 22.0. The van der Waals surface area contributed by atoms with Crippen LogP contribution in [0.25, 0.3) is 11.1 Å². The highest BCUT2D eigenvalue weighted by Crippen LogP contribution is 2.57. The molecule has 0 radical (unpaired) electrons. The Morgan fingerprint density at radius 2 is 1.31 bits per heavy atom. The molecule has 0 atom stereocenters. The first-order valence-electron chi connectivity index (χ1n) is 13.7. The van der Waals surface area contributed by atoms with Gasteiger partial charge in [0, 0.05) is 0 Å². The van der Waals surface area contributed by atoms with Crippen molar-refractivity contribution in [3.05, 3.63) is 47.5 Å². The van der Waals surface area contributed by atoms with Crippen molar-refractivity contribution in [2.45, 2.75) is 120 Å². The summed E-state index contributed by atoms with van der Waals surface area (Å²) in [4.78, 5) is 0.0707. The van der Waals surface area contributed by atoms with Crippen LogP contribution >= 0.6 is 7.92 Å². The maximum absolute atomic E-state index is 12.5. The monoisotopic (exact) mass is 514 g/mol. The molecule has 2 fully saturated rings. The van der Waals surface area contributed by atoms with Crippen LogP contribution in [0.4, 0.5) is 0 Å². The van der Waals surface area contributed by atoms with E-state index >= 15 is 0 Å². The van der Waals surface area contributed by atoms with Gasteiger partial charge in [0.2, 0.25) is 0 Å². The van der Waals surface area contributed by atoms with Crippen LogP contribution in [-0.2, 0) is 10.1 Å². The first-order valence-corrected chi connectivity index (χ1v) is 16.6. The standard InChI is InChI=1S/C30H43O3PS/c1-21(2)25-19-20-28(35(31,32)33)29(22(3)4)30(25)26-17-11-12-18-27(26)34(23-13-7-5-8-14-23)24-15-9-6-10-16-24/h11-12,17-24H,5-10,13-16H2,1-4H3,(H,31,32,33). The molecule has 1 N–H and O–H groups in total. The molecule has 0 saturated heterocycles. The predicted octanol–water partition coefficient (Wildman–Crippen LogP) is 8.62. The normalized spacial score (nSPS) is 18.6. The van der Waals surface area contributed by atoms with Gasteiger partial charge in [-0.15, -0.1) is 0 Å². The van der Waals surface area contributed by atoms with E-state index in [-0.39, 0.29) is 24.7 Å². The van der Waals surface area contributed by atoms with Crippen molar-refractivity contribution in [2.75, 3.05) is 0 Å². The molecular weight excluding hydrogens is 471 g/mol. The van der Waals surface area contributed by atoms with Crippen LogP contribution in [-0.4, -0.2) is 24.3 Å². The van der Waals surface area contributed by atoms with Crippen molar-refractivity contribution >= 4 is 23.3 Å². The second-order valence-corrected chi connectivity index (χ2v) is 15.4. The molecule has 192 valence electrons. The molecule has 2 aromatic rings. The molecule has 5 heteroatoms. The summed E-state index contributed by atoms with van der Waals surface area (Å²) in [6, 6.07) is 12.5. The minimum atomic E-state index is -4.32. The summed E-state index contributed by atoms with van der Waals surface area (Å²) in [7, 11) is -4.67. The Hall–Kier alpha value is -1.22. The Balaban J connectivity index is 1.98. The van der Waals surface area contributed by atoms with E-state index in [2.05, 4.69) is 38.1 Å². The van der Waals surface area contributed by atoms with E-state index in [1.165, 1.54) is 80.6 Å². The van der Waals surface area contributed by atoms with E-state index in [0.29, 0.717) is 0 Å². The highest BCUT2D eigenvalue weighted by molar-refractivity contribution is 7.85. The van der Waals surface area contributed by atoms with Gasteiger partial charge in [0.25, 0.3) is 10.1 Å². The first-order chi connectivity index (χ1) is 16.7. The summed E-state index contributed by atoms with van der Waals surface area (Å²) in [5.41, 5.74) is 5.74. The van der Waals surface area contributed by atoms with E-state index in [4.69, 9.17) is 0 Å². The van der Waals surface area contributed by atoms with Gasteiger partial charge < -0.3 is 0 Å². The van der Waals surface area contributed by atoms with Crippen molar-refractivity contribution in [2.24, 2.45) is 0 Å². The Labute approximate surface area is 214 Å². The second-order valence-electron chi connectivity index (χ2n) is 11.2. The molecule has 0 unspecified atom stereocenters. The SMILES string of the molecule is CC(C)c1ccc(S(=O)(=O)O)c(C(C)C)c1-c1ccccc1P(C1CCCCC1)C1CCCCC1. The van der Waals surface area contributed by atoms with Gasteiger partial charge in [-0.05, 0) is 82.5 Å². The van der Waals surface area contributed by atoms with Crippen LogP contribution in [0.5, 0.6) is 0 Å². The second kappa shape index (κ2) is 11.4. The predicted molar refractivity (Wildman–Crippen MR) is 150 cm³/mol. The molecule has 0 bridgehead atoms. The lowest BCUT2D eigenvalue weighted by Gasteiger charge is -2.40. The average Bonchev–Trinajstić information content (AvgIpc) is 2.84. The van der Waals surface area contributed by atoms with Crippen LogP contribution in [0.15, 0.2) is 41.3 Å². The molecule has 2 aliphatic carbocycles. The number of hydrogen-bond acceptors (Lipinski definition) is 2. The third-order valence-electron chi connectivity index (χ3n) is 8.10. The minimum absolute atomic E-state index is 0.0238. The lowest BCUT2D eigenvalue weighted by molar-refractivity contribution is 0.481. The van der Waals surface area contributed by atoms with Gasteiger partial charge in [0.1, 0.15) is 0 Å². The van der Waals surface area contributed by atoms with Gasteiger partial charge >= 0.3 is 0 Å². The molecule has 4 rings (SSSR count). The van der Waals surface area contributed by atoms with E-state index in [1.807, 2.05) is 19.9 Å². The zero-order chi connectivity index (χ0) is 25.2. The molecule has 3 nitrogen and oxygen atoms in total. The highest BCUT2D eigenvalue weighted by Gasteiger charge is 2.35. The van der Waals surface area contributed by atoms with Gasteiger partial charge in [0.05, 0.1) is 4.90 Å². The molecule has 0 aliphatic heterocycles. The molecule has 2 aliphatic rings. The fraction of sp³-hybridized carbons (Fsp3) is 0.600. The summed E-state index contributed by atoms with van der Waals surface area (Å²) in [6.07, 6.45) is 13.4. The molecule has 0 amide bonds. The fourth-order valence-corrected chi connectivity index (χ4v) is 11.3. The topological polar surface area (TPSA) is 54.4 Å². The van der Waals surface area contributed by atoms with Crippen molar-refractivity contribution < 1.29 is 13.0 Å². The van der Waals surface area contributed by atoms with Crippen LogP contribution < -0.4 is 5.30 Å². The van der Waals surface area contributed by atoms with Gasteiger partial charge in [-0.1, -0.05) is 104 Å². The Morgan fingerprint density at radius 3 is 1.80 bits per heavy atom. The zero-order valence-corrected chi connectivity index (χ0v) is 23.7. The lowest BCUT2D eigenvalue weighted by Crippen LogP contribution is -2.27. The maximum atomic E-state index is 12.5. The van der Waals surface area contributed by atoms with Gasteiger partial charge in [-0.3, -0.25) is 4.55 Å². The Kier molecular flexibility index (Phi) is 8.78. The van der Waals surface area contributed by atoms with Crippen LogP contribution in [0.2, 0.25) is 0 Å². The third kappa shape index (κ3) is 5.86. The number of rotatable bonds is 7. The van der Waals surface area contributed by atoms with Crippen molar-refractivity contribution in [1.82, 2.24) is 0 Å². The smallest absolute Gasteiger partial charge is 0.282 e. The van der Waals surface area contributed by atoms with Crippen molar-refractivity contribution in [1.29, 1.82) is 0 Å². The van der Waals surface area contributed by atoms with E-state index in [9.17, 15) is 13.0 Å². The quantitative estimate of drug-likeness (QED) is 0.297. The molecule has 35 heavy (non-hydrogen) atoms. The molecule has 2 saturated carbocycles. The largest absolute Gasteiger partial charge is 0.294 e. The first kappa shape index (κ1) is 26.8. The Bertz CT molecular complexity index is 1090. The fourth-order valence-electron chi connectivity index (χ4n) is 6.52. The summed E-state index contributed by atoms with van der Waals surface area (Å²) >= 11 is 0. The maximum Gasteiger partial charge on any atom is 0.294 e. The van der Waals surface area contributed by atoms with E-state index < -0.39 is 10.1 Å². The van der Waals surface area contributed by atoms with Gasteiger partial charge in [-0.2, -0.15) is 8.42 Å². The molecule has 2 aromatic carbocycles. The van der Waals surface area contributed by atoms with Gasteiger partial charge in [0.15, 0.2) is 0 Å². The summed E-state index contributed by atoms with van der Waals surface area (Å²) in [5.74, 6) is 0.228. The lowest BCUT2D eigenvalue weighted by atomic mass is 9.85. The molecule has 0 heterocycles. The Morgan fingerprint density at radius 1 is 0.771 bits per heavy atom.